The molecule has 0 atom stereocenters. The highest BCUT2D eigenvalue weighted by molar-refractivity contribution is 9.10. The van der Waals surface area contributed by atoms with Crippen molar-refractivity contribution in [2.75, 3.05) is 0 Å². The molecular formula is C8H6BrFS. The lowest BCUT2D eigenvalue weighted by Crippen LogP contribution is -1.91. The predicted octanol–water partition coefficient (Wildman–Crippen LogP) is 3.33. The fraction of sp³-hybridized carbons (Fsp3) is 0.125. The molecule has 0 bridgehead atoms. The average Bonchev–Trinajstić information content (AvgIpc) is 1.85. The van der Waals surface area contributed by atoms with E-state index in [9.17, 15) is 4.39 Å². The Labute approximate surface area is 78.6 Å². The van der Waals surface area contributed by atoms with Gasteiger partial charge in [0.25, 0.3) is 0 Å². The van der Waals surface area contributed by atoms with Crippen LogP contribution in [0.4, 0.5) is 4.39 Å². The zero-order valence-corrected chi connectivity index (χ0v) is 8.30. The summed E-state index contributed by atoms with van der Waals surface area (Å²) >= 11 is 8.16. The Morgan fingerprint density at radius 2 is 2.18 bits per heavy atom. The average molecular weight is 233 g/mol. The Kier molecular flexibility index (Phi) is 2.73. The van der Waals surface area contributed by atoms with E-state index < -0.39 is 0 Å². The number of benzene rings is 1. The van der Waals surface area contributed by atoms with E-state index in [1.807, 2.05) is 6.92 Å². The number of halogens is 2. The van der Waals surface area contributed by atoms with E-state index in [1.165, 1.54) is 12.1 Å². The number of rotatable bonds is 1. The second-order valence-corrected chi connectivity index (χ2v) is 3.65. The monoisotopic (exact) mass is 232 g/mol. The summed E-state index contributed by atoms with van der Waals surface area (Å²) in [6, 6.07) is 4.47. The zero-order chi connectivity index (χ0) is 8.43. The van der Waals surface area contributed by atoms with Gasteiger partial charge in [-0.1, -0.05) is 28.1 Å². The summed E-state index contributed by atoms with van der Waals surface area (Å²) in [7, 11) is 0. The number of thiocarbonyl (C=S) groups is 1. The van der Waals surface area contributed by atoms with Crippen molar-refractivity contribution in [1.29, 1.82) is 0 Å². The van der Waals surface area contributed by atoms with E-state index in [4.69, 9.17) is 12.2 Å². The third kappa shape index (κ3) is 2.07. The van der Waals surface area contributed by atoms with Crippen LogP contribution in [0.1, 0.15) is 12.5 Å². The molecule has 0 aliphatic rings. The van der Waals surface area contributed by atoms with E-state index in [2.05, 4.69) is 15.9 Å². The quantitative estimate of drug-likeness (QED) is 0.529. The maximum Gasteiger partial charge on any atom is 0.124 e. The zero-order valence-electron chi connectivity index (χ0n) is 5.90. The normalized spacial score (nSPS) is 9.73. The van der Waals surface area contributed by atoms with Gasteiger partial charge < -0.3 is 0 Å². The summed E-state index contributed by atoms with van der Waals surface area (Å²) in [5.74, 6) is -0.253. The Morgan fingerprint density at radius 1 is 1.55 bits per heavy atom. The first-order valence-electron chi connectivity index (χ1n) is 3.07. The standard InChI is InChI=1S/C8H6BrFS/c1-5(11)7-3-2-6(10)4-8(7)9/h2-4H,1H3. The fourth-order valence-electron chi connectivity index (χ4n) is 0.775. The van der Waals surface area contributed by atoms with E-state index in [0.29, 0.717) is 4.47 Å². The van der Waals surface area contributed by atoms with Crippen molar-refractivity contribution in [3.63, 3.8) is 0 Å². The lowest BCUT2D eigenvalue weighted by atomic mass is 10.2. The van der Waals surface area contributed by atoms with E-state index in [0.717, 1.165) is 10.4 Å². The number of hydrogen-bond donors (Lipinski definition) is 0. The van der Waals surface area contributed by atoms with Crippen molar-refractivity contribution in [2.24, 2.45) is 0 Å². The van der Waals surface area contributed by atoms with Gasteiger partial charge in [0, 0.05) is 14.9 Å². The molecule has 0 saturated carbocycles. The largest absolute Gasteiger partial charge is 0.207 e. The molecule has 0 aliphatic heterocycles. The minimum atomic E-state index is -0.253. The summed E-state index contributed by atoms with van der Waals surface area (Å²) < 4.78 is 13.3. The lowest BCUT2D eigenvalue weighted by molar-refractivity contribution is 0.627. The molecule has 0 nitrogen and oxygen atoms in total. The Hall–Kier alpha value is -0.280. The highest BCUT2D eigenvalue weighted by Gasteiger charge is 2.01. The fourth-order valence-corrected chi connectivity index (χ4v) is 1.73. The van der Waals surface area contributed by atoms with Gasteiger partial charge in [-0.2, -0.15) is 0 Å². The van der Waals surface area contributed by atoms with Crippen LogP contribution in [0.15, 0.2) is 22.7 Å². The minimum absolute atomic E-state index is 0.253. The molecule has 0 radical (unpaired) electrons. The second kappa shape index (κ2) is 3.41. The molecule has 0 unspecified atom stereocenters. The highest BCUT2D eigenvalue weighted by Crippen LogP contribution is 2.18. The van der Waals surface area contributed by atoms with Crippen LogP contribution in [-0.2, 0) is 0 Å². The maximum atomic E-state index is 12.5. The molecule has 0 amide bonds. The first-order chi connectivity index (χ1) is 5.11. The van der Waals surface area contributed by atoms with Gasteiger partial charge in [0.05, 0.1) is 0 Å². The van der Waals surface area contributed by atoms with Crippen LogP contribution in [0.5, 0.6) is 0 Å². The summed E-state index contributed by atoms with van der Waals surface area (Å²) in [6.45, 7) is 1.81. The first-order valence-corrected chi connectivity index (χ1v) is 4.27. The van der Waals surface area contributed by atoms with Crippen LogP contribution in [-0.4, -0.2) is 4.86 Å². The van der Waals surface area contributed by atoms with Gasteiger partial charge in [0.2, 0.25) is 0 Å². The van der Waals surface area contributed by atoms with Crippen LogP contribution < -0.4 is 0 Å². The van der Waals surface area contributed by atoms with Gasteiger partial charge >= 0.3 is 0 Å². The van der Waals surface area contributed by atoms with Gasteiger partial charge in [-0.25, -0.2) is 4.39 Å². The van der Waals surface area contributed by atoms with Gasteiger partial charge in [0.1, 0.15) is 5.82 Å². The predicted molar refractivity (Wildman–Crippen MR) is 51.5 cm³/mol. The van der Waals surface area contributed by atoms with Gasteiger partial charge in [-0.05, 0) is 25.1 Å². The lowest BCUT2D eigenvalue weighted by Gasteiger charge is -2.00. The van der Waals surface area contributed by atoms with Crippen molar-refractivity contribution in [1.82, 2.24) is 0 Å². The first kappa shape index (κ1) is 8.81. The van der Waals surface area contributed by atoms with E-state index >= 15 is 0 Å². The molecule has 1 rings (SSSR count). The third-order valence-electron chi connectivity index (χ3n) is 1.31. The molecule has 3 heteroatoms. The van der Waals surface area contributed by atoms with Crippen LogP contribution in [0.3, 0.4) is 0 Å². The molecule has 0 N–H and O–H groups in total. The van der Waals surface area contributed by atoms with Crippen molar-refractivity contribution in [2.45, 2.75) is 6.92 Å². The third-order valence-corrected chi connectivity index (χ3v) is 2.19. The van der Waals surface area contributed by atoms with E-state index in [1.54, 1.807) is 6.07 Å². The van der Waals surface area contributed by atoms with Crippen LogP contribution >= 0.6 is 28.1 Å². The van der Waals surface area contributed by atoms with Gasteiger partial charge in [0.15, 0.2) is 0 Å². The smallest absolute Gasteiger partial charge is 0.124 e. The van der Waals surface area contributed by atoms with Gasteiger partial charge in [-0.15, -0.1) is 0 Å². The molecule has 0 aromatic heterocycles. The van der Waals surface area contributed by atoms with Crippen LogP contribution in [0.25, 0.3) is 0 Å². The highest BCUT2D eigenvalue weighted by atomic mass is 79.9. The number of hydrogen-bond acceptors (Lipinski definition) is 1. The molecular weight excluding hydrogens is 227 g/mol. The molecule has 0 spiro atoms. The van der Waals surface area contributed by atoms with Crippen LogP contribution in [0.2, 0.25) is 0 Å². The summed E-state index contributed by atoms with van der Waals surface area (Å²) in [5, 5.41) is 0. The molecule has 0 fully saturated rings. The molecule has 1 aromatic carbocycles. The molecule has 0 aliphatic carbocycles. The Bertz CT molecular complexity index is 296. The van der Waals surface area contributed by atoms with E-state index in [-0.39, 0.29) is 5.82 Å². The summed E-state index contributed by atoms with van der Waals surface area (Å²) in [6.07, 6.45) is 0. The molecule has 11 heavy (non-hydrogen) atoms. The minimum Gasteiger partial charge on any atom is -0.207 e. The summed E-state index contributed by atoms with van der Waals surface area (Å²) in [5.41, 5.74) is 0.876. The molecule has 58 valence electrons. The molecule has 0 saturated heterocycles. The van der Waals surface area contributed by atoms with Crippen molar-refractivity contribution in [3.05, 3.63) is 34.1 Å². The van der Waals surface area contributed by atoms with Crippen LogP contribution in [0, 0.1) is 5.82 Å². The molecule has 1 aromatic rings. The topological polar surface area (TPSA) is 0 Å². The van der Waals surface area contributed by atoms with Gasteiger partial charge in [-0.3, -0.25) is 0 Å². The maximum absolute atomic E-state index is 12.5. The Balaban J connectivity index is 3.20. The van der Waals surface area contributed by atoms with Crippen molar-refractivity contribution >= 4 is 33.0 Å². The summed E-state index contributed by atoms with van der Waals surface area (Å²) in [4.78, 5) is 0.761. The molecule has 0 heterocycles. The SMILES string of the molecule is CC(=S)c1ccc(F)cc1Br. The van der Waals surface area contributed by atoms with Crippen molar-refractivity contribution in [3.8, 4) is 0 Å². The van der Waals surface area contributed by atoms with Crippen molar-refractivity contribution < 1.29 is 4.39 Å². The Morgan fingerprint density at radius 3 is 2.64 bits per heavy atom. The second-order valence-electron chi connectivity index (χ2n) is 2.18.